The fourth-order valence-corrected chi connectivity index (χ4v) is 3.05. The Hall–Kier alpha value is -2.91. The fraction of sp³-hybridized carbons (Fsp3) is 0.300. The number of nitriles is 1. The Morgan fingerprint density at radius 3 is 2.65 bits per heavy atom. The van der Waals surface area contributed by atoms with E-state index < -0.39 is 0 Å². The van der Waals surface area contributed by atoms with Crippen LogP contribution in [-0.2, 0) is 6.54 Å². The quantitative estimate of drug-likeness (QED) is 0.848. The second-order valence-electron chi connectivity index (χ2n) is 6.22. The number of methoxy groups -OCH3 is 1. The molecule has 2 aromatic rings. The minimum absolute atomic E-state index is 0.0267. The first-order valence-electron chi connectivity index (χ1n) is 8.45. The Bertz CT molecular complexity index is 839. The number of rotatable bonds is 4. The van der Waals surface area contributed by atoms with Crippen LogP contribution in [-0.4, -0.2) is 49.0 Å². The Labute approximate surface area is 152 Å². The molecule has 1 aliphatic rings. The molecule has 0 atom stereocenters. The number of halogens is 1. The first-order chi connectivity index (χ1) is 12.6. The molecule has 2 aromatic carbocycles. The topological polar surface area (TPSA) is 56.6 Å². The molecule has 1 aliphatic heterocycles. The van der Waals surface area contributed by atoms with Crippen molar-refractivity contribution < 1.29 is 13.9 Å². The number of amides is 1. The van der Waals surface area contributed by atoms with Crippen LogP contribution in [0.5, 0.6) is 5.75 Å². The van der Waals surface area contributed by atoms with Crippen LogP contribution < -0.4 is 4.74 Å². The average molecular weight is 353 g/mol. The highest BCUT2D eigenvalue weighted by Crippen LogP contribution is 2.17. The highest BCUT2D eigenvalue weighted by Gasteiger charge is 2.23. The Balaban J connectivity index is 1.60. The van der Waals surface area contributed by atoms with E-state index in [0.29, 0.717) is 55.2 Å². The van der Waals surface area contributed by atoms with E-state index >= 15 is 0 Å². The summed E-state index contributed by atoms with van der Waals surface area (Å²) in [7, 11) is 1.57. The second-order valence-corrected chi connectivity index (χ2v) is 6.22. The summed E-state index contributed by atoms with van der Waals surface area (Å²) >= 11 is 0. The monoisotopic (exact) mass is 353 g/mol. The largest absolute Gasteiger partial charge is 0.497 e. The molecule has 1 amide bonds. The van der Waals surface area contributed by atoms with Gasteiger partial charge < -0.3 is 9.64 Å². The van der Waals surface area contributed by atoms with E-state index in [9.17, 15) is 9.18 Å². The van der Waals surface area contributed by atoms with Gasteiger partial charge in [-0.2, -0.15) is 5.26 Å². The van der Waals surface area contributed by atoms with Gasteiger partial charge in [0.2, 0.25) is 0 Å². The predicted octanol–water partition coefficient (Wildman–Crippen LogP) is 2.66. The predicted molar refractivity (Wildman–Crippen MR) is 95.3 cm³/mol. The van der Waals surface area contributed by atoms with Gasteiger partial charge in [0.15, 0.2) is 0 Å². The fourth-order valence-electron chi connectivity index (χ4n) is 3.05. The standard InChI is InChI=1S/C20H20FN3O2/c1-26-18-4-2-3-16(12-18)20(25)24-9-7-23(8-10-24)14-17-11-15(13-22)5-6-19(17)21/h2-6,11-12H,7-10,14H2,1H3. The van der Waals surface area contributed by atoms with Gasteiger partial charge in [-0.05, 0) is 36.4 Å². The summed E-state index contributed by atoms with van der Waals surface area (Å²) in [6.45, 7) is 2.91. The molecular formula is C20H20FN3O2. The summed E-state index contributed by atoms with van der Waals surface area (Å²) < 4.78 is 19.1. The zero-order valence-electron chi connectivity index (χ0n) is 14.6. The summed E-state index contributed by atoms with van der Waals surface area (Å²) in [5.41, 5.74) is 1.57. The number of ether oxygens (including phenoxy) is 1. The van der Waals surface area contributed by atoms with Crippen molar-refractivity contribution in [2.45, 2.75) is 6.54 Å². The van der Waals surface area contributed by atoms with Gasteiger partial charge in [0.1, 0.15) is 11.6 Å². The molecule has 1 saturated heterocycles. The van der Waals surface area contributed by atoms with Gasteiger partial charge in [-0.25, -0.2) is 4.39 Å². The molecule has 0 radical (unpaired) electrons. The van der Waals surface area contributed by atoms with Crippen LogP contribution in [0.3, 0.4) is 0 Å². The molecule has 134 valence electrons. The maximum atomic E-state index is 13.9. The molecule has 0 unspecified atom stereocenters. The lowest BCUT2D eigenvalue weighted by Gasteiger charge is -2.35. The molecule has 0 aromatic heterocycles. The third-order valence-electron chi connectivity index (χ3n) is 4.54. The smallest absolute Gasteiger partial charge is 0.254 e. The van der Waals surface area contributed by atoms with Crippen molar-refractivity contribution in [2.75, 3.05) is 33.3 Å². The summed E-state index contributed by atoms with van der Waals surface area (Å²) in [6, 6.07) is 13.5. The van der Waals surface area contributed by atoms with Gasteiger partial charge in [0.05, 0.1) is 18.7 Å². The maximum Gasteiger partial charge on any atom is 0.254 e. The van der Waals surface area contributed by atoms with Crippen molar-refractivity contribution >= 4 is 5.91 Å². The van der Waals surface area contributed by atoms with Crippen LogP contribution in [0.4, 0.5) is 4.39 Å². The average Bonchev–Trinajstić information content (AvgIpc) is 2.69. The molecule has 26 heavy (non-hydrogen) atoms. The maximum absolute atomic E-state index is 13.9. The molecule has 6 heteroatoms. The van der Waals surface area contributed by atoms with Crippen molar-refractivity contribution in [1.29, 1.82) is 5.26 Å². The molecule has 5 nitrogen and oxygen atoms in total. The Morgan fingerprint density at radius 1 is 1.19 bits per heavy atom. The van der Waals surface area contributed by atoms with Crippen molar-refractivity contribution in [3.05, 3.63) is 65.0 Å². The van der Waals surface area contributed by atoms with Crippen molar-refractivity contribution in [2.24, 2.45) is 0 Å². The zero-order valence-corrected chi connectivity index (χ0v) is 14.6. The Kier molecular flexibility index (Phi) is 5.49. The molecule has 1 fully saturated rings. The van der Waals surface area contributed by atoms with Crippen molar-refractivity contribution in [3.8, 4) is 11.8 Å². The van der Waals surface area contributed by atoms with E-state index in [2.05, 4.69) is 4.90 Å². The van der Waals surface area contributed by atoms with Crippen LogP contribution in [0.15, 0.2) is 42.5 Å². The number of benzene rings is 2. The number of nitrogens with zero attached hydrogens (tertiary/aromatic N) is 3. The number of hydrogen-bond acceptors (Lipinski definition) is 4. The molecule has 3 rings (SSSR count). The van der Waals surface area contributed by atoms with E-state index in [4.69, 9.17) is 10.00 Å². The van der Waals surface area contributed by atoms with Crippen LogP contribution >= 0.6 is 0 Å². The van der Waals surface area contributed by atoms with Crippen molar-refractivity contribution in [3.63, 3.8) is 0 Å². The summed E-state index contributed by atoms with van der Waals surface area (Å²) in [5.74, 6) is 0.322. The van der Waals surface area contributed by atoms with E-state index in [1.54, 1.807) is 42.3 Å². The lowest BCUT2D eigenvalue weighted by molar-refractivity contribution is 0.0626. The van der Waals surface area contributed by atoms with Crippen molar-refractivity contribution in [1.82, 2.24) is 9.80 Å². The summed E-state index contributed by atoms with van der Waals surface area (Å²) in [4.78, 5) is 16.5. The normalized spacial score (nSPS) is 14.7. The SMILES string of the molecule is COc1cccc(C(=O)N2CCN(Cc3cc(C#N)ccc3F)CC2)c1. The van der Waals surface area contributed by atoms with E-state index in [1.165, 1.54) is 12.1 Å². The number of hydrogen-bond donors (Lipinski definition) is 0. The Morgan fingerprint density at radius 2 is 1.96 bits per heavy atom. The molecular weight excluding hydrogens is 333 g/mol. The van der Waals surface area contributed by atoms with Gasteiger partial charge in [-0.1, -0.05) is 6.07 Å². The highest BCUT2D eigenvalue weighted by atomic mass is 19.1. The third-order valence-corrected chi connectivity index (χ3v) is 4.54. The first kappa shape index (κ1) is 17.9. The second kappa shape index (κ2) is 7.98. The van der Waals surface area contributed by atoms with Crippen LogP contribution in [0, 0.1) is 17.1 Å². The molecule has 0 saturated carbocycles. The molecule has 0 aliphatic carbocycles. The van der Waals surface area contributed by atoms with Crippen LogP contribution in [0.2, 0.25) is 0 Å². The molecule has 0 spiro atoms. The zero-order chi connectivity index (χ0) is 18.5. The first-order valence-corrected chi connectivity index (χ1v) is 8.45. The number of piperazine rings is 1. The van der Waals surface area contributed by atoms with Gasteiger partial charge >= 0.3 is 0 Å². The van der Waals surface area contributed by atoms with Gasteiger partial charge in [0.25, 0.3) is 5.91 Å². The lowest BCUT2D eigenvalue weighted by atomic mass is 10.1. The summed E-state index contributed by atoms with van der Waals surface area (Å²) in [5, 5.41) is 8.96. The molecule has 1 heterocycles. The van der Waals surface area contributed by atoms with Gasteiger partial charge in [-0.15, -0.1) is 0 Å². The third kappa shape index (κ3) is 4.01. The molecule has 0 bridgehead atoms. The lowest BCUT2D eigenvalue weighted by Crippen LogP contribution is -2.48. The van der Waals surface area contributed by atoms with Crippen LogP contribution in [0.25, 0.3) is 0 Å². The van der Waals surface area contributed by atoms with E-state index in [0.717, 1.165) is 0 Å². The van der Waals surface area contributed by atoms with E-state index in [-0.39, 0.29) is 11.7 Å². The minimum Gasteiger partial charge on any atom is -0.497 e. The summed E-state index contributed by atoms with van der Waals surface area (Å²) in [6.07, 6.45) is 0. The van der Waals surface area contributed by atoms with Gasteiger partial charge in [0, 0.05) is 43.9 Å². The number of carbonyl (C=O) groups is 1. The highest BCUT2D eigenvalue weighted by molar-refractivity contribution is 5.94. The van der Waals surface area contributed by atoms with E-state index in [1.807, 2.05) is 6.07 Å². The molecule has 0 N–H and O–H groups in total. The number of carbonyl (C=O) groups excluding carboxylic acids is 1. The van der Waals surface area contributed by atoms with Crippen LogP contribution in [0.1, 0.15) is 21.5 Å². The van der Waals surface area contributed by atoms with Gasteiger partial charge in [-0.3, -0.25) is 9.69 Å². The minimum atomic E-state index is -0.307.